The monoisotopic (exact) mass is 235 g/mol. The van der Waals surface area contributed by atoms with Crippen molar-refractivity contribution >= 4 is 27.4 Å². The van der Waals surface area contributed by atoms with E-state index in [0.717, 1.165) is 42.1 Å². The summed E-state index contributed by atoms with van der Waals surface area (Å²) in [6.45, 7) is 1.60. The van der Waals surface area contributed by atoms with E-state index in [1.54, 1.807) is 11.3 Å². The predicted octanol–water partition coefficient (Wildman–Crippen LogP) is 2.17. The Morgan fingerprint density at radius 2 is 2.12 bits per heavy atom. The largest absolute Gasteiger partial charge is 0.383 e. The number of nitrogens with two attached hydrogens (primary N) is 1. The molecule has 2 aromatic rings. The van der Waals surface area contributed by atoms with Crippen molar-refractivity contribution in [1.82, 2.24) is 9.97 Å². The van der Waals surface area contributed by atoms with Gasteiger partial charge in [0.1, 0.15) is 16.5 Å². The van der Waals surface area contributed by atoms with Gasteiger partial charge in [-0.2, -0.15) is 0 Å². The fourth-order valence-corrected chi connectivity index (χ4v) is 2.81. The van der Waals surface area contributed by atoms with Crippen molar-refractivity contribution in [2.24, 2.45) is 0 Å². The maximum atomic E-state index is 5.93. The van der Waals surface area contributed by atoms with Gasteiger partial charge in [-0.25, -0.2) is 9.97 Å². The molecule has 0 aromatic carbocycles. The Bertz CT molecular complexity index is 505. The maximum Gasteiger partial charge on any atom is 0.135 e. The standard InChI is InChI=1S/C11H13N3OS/c12-9-8-3-6-16-11(8)14-10(13-9)7-1-4-15-5-2-7/h3,6-7H,1-2,4-5H2,(H2,12,13,14). The van der Waals surface area contributed by atoms with Crippen LogP contribution in [0.5, 0.6) is 0 Å². The molecule has 2 N–H and O–H groups in total. The van der Waals surface area contributed by atoms with Gasteiger partial charge in [0.25, 0.3) is 0 Å². The molecule has 0 aliphatic carbocycles. The second-order valence-electron chi connectivity index (χ2n) is 3.99. The summed E-state index contributed by atoms with van der Waals surface area (Å²) in [5.74, 6) is 1.89. The number of ether oxygens (including phenoxy) is 1. The van der Waals surface area contributed by atoms with Gasteiger partial charge in [-0.05, 0) is 24.3 Å². The van der Waals surface area contributed by atoms with Crippen molar-refractivity contribution in [3.8, 4) is 0 Å². The van der Waals surface area contributed by atoms with Gasteiger partial charge in [0.05, 0.1) is 5.39 Å². The van der Waals surface area contributed by atoms with Gasteiger partial charge < -0.3 is 10.5 Å². The first-order valence-electron chi connectivity index (χ1n) is 5.43. The first kappa shape index (κ1) is 9.99. The molecule has 1 fully saturated rings. The summed E-state index contributed by atoms with van der Waals surface area (Å²) >= 11 is 1.62. The lowest BCUT2D eigenvalue weighted by molar-refractivity contribution is 0.0837. The van der Waals surface area contributed by atoms with Crippen molar-refractivity contribution in [1.29, 1.82) is 0 Å². The van der Waals surface area contributed by atoms with Crippen molar-refractivity contribution in [2.75, 3.05) is 18.9 Å². The molecule has 3 heterocycles. The van der Waals surface area contributed by atoms with E-state index in [-0.39, 0.29) is 0 Å². The van der Waals surface area contributed by atoms with Crippen LogP contribution >= 0.6 is 11.3 Å². The average molecular weight is 235 g/mol. The van der Waals surface area contributed by atoms with Crippen molar-refractivity contribution in [3.05, 3.63) is 17.3 Å². The molecule has 0 spiro atoms. The molecule has 1 saturated heterocycles. The fourth-order valence-electron chi connectivity index (χ4n) is 2.03. The minimum absolute atomic E-state index is 0.405. The van der Waals surface area contributed by atoms with Gasteiger partial charge in [0.2, 0.25) is 0 Å². The number of aromatic nitrogens is 2. The van der Waals surface area contributed by atoms with E-state index < -0.39 is 0 Å². The number of hydrogen-bond acceptors (Lipinski definition) is 5. The third kappa shape index (κ3) is 1.66. The Morgan fingerprint density at radius 3 is 2.94 bits per heavy atom. The highest BCUT2D eigenvalue weighted by Gasteiger charge is 2.20. The molecule has 1 aliphatic rings. The lowest BCUT2D eigenvalue weighted by Gasteiger charge is -2.20. The first-order valence-corrected chi connectivity index (χ1v) is 6.31. The Hall–Kier alpha value is -1.20. The summed E-state index contributed by atoms with van der Waals surface area (Å²) in [6, 6.07) is 1.98. The summed E-state index contributed by atoms with van der Waals surface area (Å²) < 4.78 is 5.34. The second kappa shape index (κ2) is 3.99. The molecule has 0 atom stereocenters. The van der Waals surface area contributed by atoms with E-state index in [0.29, 0.717) is 11.7 Å². The van der Waals surface area contributed by atoms with Crippen LogP contribution in [0, 0.1) is 0 Å². The van der Waals surface area contributed by atoms with Crippen LogP contribution < -0.4 is 5.73 Å². The summed E-state index contributed by atoms with van der Waals surface area (Å²) in [4.78, 5) is 10.0. The van der Waals surface area contributed by atoms with Crippen LogP contribution in [0.4, 0.5) is 5.82 Å². The van der Waals surface area contributed by atoms with E-state index >= 15 is 0 Å². The van der Waals surface area contributed by atoms with Crippen LogP contribution in [0.1, 0.15) is 24.6 Å². The minimum atomic E-state index is 0.405. The number of thiophene rings is 1. The van der Waals surface area contributed by atoms with Crippen LogP contribution in [-0.4, -0.2) is 23.2 Å². The van der Waals surface area contributed by atoms with Crippen LogP contribution in [-0.2, 0) is 4.74 Å². The Morgan fingerprint density at radius 1 is 1.31 bits per heavy atom. The highest BCUT2D eigenvalue weighted by molar-refractivity contribution is 7.16. The van der Waals surface area contributed by atoms with E-state index in [4.69, 9.17) is 10.5 Å². The highest BCUT2D eigenvalue weighted by atomic mass is 32.1. The number of nitrogens with zero attached hydrogens (tertiary/aromatic N) is 2. The molecule has 84 valence electrons. The normalized spacial score (nSPS) is 18.0. The molecule has 0 unspecified atom stereocenters. The number of anilines is 1. The van der Waals surface area contributed by atoms with Crippen molar-refractivity contribution in [2.45, 2.75) is 18.8 Å². The molecule has 5 heteroatoms. The smallest absolute Gasteiger partial charge is 0.135 e. The van der Waals surface area contributed by atoms with E-state index in [2.05, 4.69) is 9.97 Å². The van der Waals surface area contributed by atoms with E-state index in [1.165, 1.54) is 0 Å². The third-order valence-corrected chi connectivity index (χ3v) is 3.76. The van der Waals surface area contributed by atoms with Gasteiger partial charge in [-0.1, -0.05) is 0 Å². The second-order valence-corrected chi connectivity index (χ2v) is 4.89. The molecule has 0 amide bonds. The van der Waals surface area contributed by atoms with Gasteiger partial charge in [0, 0.05) is 19.1 Å². The summed E-state index contributed by atoms with van der Waals surface area (Å²) in [5, 5.41) is 2.98. The van der Waals surface area contributed by atoms with Gasteiger partial charge in [-0.3, -0.25) is 0 Å². The fraction of sp³-hybridized carbons (Fsp3) is 0.455. The summed E-state index contributed by atoms with van der Waals surface area (Å²) in [7, 11) is 0. The Balaban J connectivity index is 2.02. The molecule has 4 nitrogen and oxygen atoms in total. The molecule has 3 rings (SSSR count). The number of nitrogen functional groups attached to an aromatic ring is 1. The lowest BCUT2D eigenvalue weighted by atomic mass is 9.99. The topological polar surface area (TPSA) is 61.0 Å². The molecule has 1 aliphatic heterocycles. The predicted molar refractivity (Wildman–Crippen MR) is 64.6 cm³/mol. The average Bonchev–Trinajstić information content (AvgIpc) is 2.79. The van der Waals surface area contributed by atoms with Crippen LogP contribution in [0.15, 0.2) is 11.4 Å². The maximum absolute atomic E-state index is 5.93. The van der Waals surface area contributed by atoms with Crippen LogP contribution in [0.25, 0.3) is 10.2 Å². The lowest BCUT2D eigenvalue weighted by Crippen LogP contribution is -2.16. The summed E-state index contributed by atoms with van der Waals surface area (Å²) in [5.41, 5.74) is 5.93. The van der Waals surface area contributed by atoms with E-state index in [1.807, 2.05) is 11.4 Å². The molecule has 0 saturated carbocycles. The minimum Gasteiger partial charge on any atom is -0.383 e. The number of rotatable bonds is 1. The SMILES string of the molecule is Nc1nc(C2CCOCC2)nc2sccc12. The summed E-state index contributed by atoms with van der Waals surface area (Å²) in [6.07, 6.45) is 1.99. The molecular weight excluding hydrogens is 222 g/mol. The van der Waals surface area contributed by atoms with Gasteiger partial charge in [-0.15, -0.1) is 11.3 Å². The quantitative estimate of drug-likeness (QED) is 0.823. The highest BCUT2D eigenvalue weighted by Crippen LogP contribution is 2.29. The number of hydrogen-bond donors (Lipinski definition) is 1. The molecule has 0 radical (unpaired) electrons. The van der Waals surface area contributed by atoms with Crippen LogP contribution in [0.2, 0.25) is 0 Å². The van der Waals surface area contributed by atoms with Gasteiger partial charge >= 0.3 is 0 Å². The number of fused-ring (bicyclic) bond motifs is 1. The zero-order chi connectivity index (χ0) is 11.0. The van der Waals surface area contributed by atoms with E-state index in [9.17, 15) is 0 Å². The third-order valence-electron chi connectivity index (χ3n) is 2.96. The van der Waals surface area contributed by atoms with Crippen molar-refractivity contribution in [3.63, 3.8) is 0 Å². The van der Waals surface area contributed by atoms with Crippen molar-refractivity contribution < 1.29 is 4.74 Å². The first-order chi connectivity index (χ1) is 7.84. The molecule has 16 heavy (non-hydrogen) atoms. The molecule has 0 bridgehead atoms. The molecule has 2 aromatic heterocycles. The zero-order valence-corrected chi connectivity index (χ0v) is 9.67. The Labute approximate surface area is 97.5 Å². The Kier molecular flexibility index (Phi) is 2.49. The zero-order valence-electron chi connectivity index (χ0n) is 8.85. The van der Waals surface area contributed by atoms with Gasteiger partial charge in [0.15, 0.2) is 0 Å². The van der Waals surface area contributed by atoms with Crippen LogP contribution in [0.3, 0.4) is 0 Å². The molecular formula is C11H13N3OS.